The van der Waals surface area contributed by atoms with E-state index < -0.39 is 11.4 Å². The molecule has 2 saturated carbocycles. The van der Waals surface area contributed by atoms with E-state index in [4.69, 9.17) is 0 Å². The van der Waals surface area contributed by atoms with Crippen molar-refractivity contribution in [2.24, 2.45) is 11.8 Å². The highest BCUT2D eigenvalue weighted by Crippen LogP contribution is 2.45. The Kier molecular flexibility index (Phi) is 2.84. The van der Waals surface area contributed by atoms with Crippen LogP contribution >= 0.6 is 0 Å². The van der Waals surface area contributed by atoms with Crippen LogP contribution in [-0.4, -0.2) is 15.3 Å². The van der Waals surface area contributed by atoms with Crippen molar-refractivity contribution in [3.63, 3.8) is 0 Å². The molecule has 0 aromatic heterocycles. The third-order valence-corrected chi connectivity index (χ3v) is 4.66. The number of nitrogens with one attached hydrogen (secondary N) is 1. The molecule has 0 amide bonds. The van der Waals surface area contributed by atoms with Gasteiger partial charge in [0.2, 0.25) is 0 Å². The Morgan fingerprint density at radius 1 is 1.14 bits per heavy atom. The summed E-state index contributed by atoms with van der Waals surface area (Å²) in [5.41, 5.74) is 0. The summed E-state index contributed by atoms with van der Waals surface area (Å²) in [7, 11) is 0. The van der Waals surface area contributed by atoms with Crippen molar-refractivity contribution in [2.75, 3.05) is 0 Å². The van der Waals surface area contributed by atoms with Gasteiger partial charge in [-0.2, -0.15) is 0 Å². The Morgan fingerprint density at radius 2 is 1.57 bits per heavy atom. The summed E-state index contributed by atoms with van der Waals surface area (Å²) in [6.45, 7) is 6.10. The molecular weight excluding hydrogens is 194 g/mol. The van der Waals surface area contributed by atoms with Crippen molar-refractivity contribution in [3.05, 3.63) is 0 Å². The number of hydrogen-bond donors (Lipinski definition) is 1. The topological polar surface area (TPSA) is 35.1 Å². The quantitative estimate of drug-likeness (QED) is 0.730. The van der Waals surface area contributed by atoms with E-state index in [1.165, 1.54) is 25.7 Å². The third kappa shape index (κ3) is 2.65. The maximum Gasteiger partial charge on any atom is 0.136 e. The molecule has 0 radical (unpaired) electrons. The molecule has 14 heavy (non-hydrogen) atoms. The number of hydrogen-bond acceptors (Lipinski definition) is 2. The molecule has 0 aliphatic heterocycles. The zero-order valence-electron chi connectivity index (χ0n) is 9.38. The molecule has 0 heterocycles. The lowest BCUT2D eigenvalue weighted by Gasteiger charge is -2.28. The van der Waals surface area contributed by atoms with Crippen LogP contribution in [0.15, 0.2) is 0 Å². The Bertz CT molecular complexity index is 194. The summed E-state index contributed by atoms with van der Waals surface area (Å²) >= 11 is -0.879. The summed E-state index contributed by atoms with van der Waals surface area (Å²) in [5.74, 6) is 1.66. The highest BCUT2D eigenvalue weighted by atomic mass is 32.2. The van der Waals surface area contributed by atoms with Crippen LogP contribution in [-0.2, 0) is 11.4 Å². The fourth-order valence-corrected chi connectivity index (χ4v) is 2.77. The van der Waals surface area contributed by atoms with Gasteiger partial charge in [0.25, 0.3) is 0 Å². The summed E-state index contributed by atoms with van der Waals surface area (Å²) in [4.78, 5) is 0. The van der Waals surface area contributed by atoms with E-state index in [1.54, 1.807) is 0 Å². The van der Waals surface area contributed by atoms with Gasteiger partial charge in [0.1, 0.15) is 4.75 Å². The molecule has 1 N–H and O–H groups in total. The second kappa shape index (κ2) is 3.69. The zero-order chi connectivity index (χ0) is 10.3. The first-order valence-electron chi connectivity index (χ1n) is 5.66. The Labute approximate surface area is 90.2 Å². The molecule has 82 valence electrons. The van der Waals surface area contributed by atoms with Gasteiger partial charge in [-0.05, 0) is 58.3 Å². The molecule has 0 bridgehead atoms. The first-order chi connectivity index (χ1) is 6.48. The molecule has 2 fully saturated rings. The largest absolute Gasteiger partial charge is 0.598 e. The van der Waals surface area contributed by atoms with E-state index in [1.807, 2.05) is 20.8 Å². The van der Waals surface area contributed by atoms with Crippen LogP contribution in [0, 0.1) is 11.8 Å². The third-order valence-electron chi connectivity index (χ3n) is 3.06. The van der Waals surface area contributed by atoms with Gasteiger partial charge in [-0.1, -0.05) is 0 Å². The average Bonchev–Trinajstić information content (AvgIpc) is 2.90. The first-order valence-corrected chi connectivity index (χ1v) is 6.81. The van der Waals surface area contributed by atoms with Gasteiger partial charge in [-0.25, -0.2) is 0 Å². The molecule has 1 unspecified atom stereocenters. The summed E-state index contributed by atoms with van der Waals surface area (Å²) in [6, 6.07) is 0.551. The van der Waals surface area contributed by atoms with Gasteiger partial charge in [0, 0.05) is 11.4 Å². The lowest BCUT2D eigenvalue weighted by Crippen LogP contribution is -2.46. The van der Waals surface area contributed by atoms with E-state index >= 15 is 0 Å². The molecular formula is C11H21NOS. The monoisotopic (exact) mass is 215 g/mol. The summed E-state index contributed by atoms with van der Waals surface area (Å²) < 4.78 is 15.2. The first kappa shape index (κ1) is 10.8. The van der Waals surface area contributed by atoms with E-state index in [0.29, 0.717) is 6.04 Å². The second-order valence-electron chi connectivity index (χ2n) is 5.70. The fourth-order valence-electron chi connectivity index (χ4n) is 1.79. The van der Waals surface area contributed by atoms with Gasteiger partial charge in [0.05, 0.1) is 6.04 Å². The van der Waals surface area contributed by atoms with Gasteiger partial charge in [-0.3, -0.25) is 0 Å². The van der Waals surface area contributed by atoms with Gasteiger partial charge >= 0.3 is 0 Å². The molecule has 2 rings (SSSR count). The lowest BCUT2D eigenvalue weighted by atomic mass is 10.1. The highest BCUT2D eigenvalue weighted by molar-refractivity contribution is 7.90. The molecule has 0 saturated heterocycles. The minimum Gasteiger partial charge on any atom is -0.598 e. The summed E-state index contributed by atoms with van der Waals surface area (Å²) in [5, 5.41) is 0. The molecule has 1 atom stereocenters. The minimum absolute atomic E-state index is 0.123. The zero-order valence-corrected chi connectivity index (χ0v) is 10.2. The van der Waals surface area contributed by atoms with Crippen molar-refractivity contribution < 1.29 is 4.55 Å². The molecule has 2 aliphatic carbocycles. The van der Waals surface area contributed by atoms with Crippen molar-refractivity contribution in [1.82, 2.24) is 4.72 Å². The molecule has 3 heteroatoms. The van der Waals surface area contributed by atoms with Crippen LogP contribution in [0.4, 0.5) is 0 Å². The van der Waals surface area contributed by atoms with Crippen molar-refractivity contribution in [2.45, 2.75) is 57.2 Å². The molecule has 0 aromatic carbocycles. The van der Waals surface area contributed by atoms with Crippen LogP contribution in [0.25, 0.3) is 0 Å². The van der Waals surface area contributed by atoms with E-state index in [-0.39, 0.29) is 4.75 Å². The molecule has 2 nitrogen and oxygen atoms in total. The van der Waals surface area contributed by atoms with E-state index in [9.17, 15) is 4.55 Å². The summed E-state index contributed by atoms with van der Waals surface area (Å²) in [6.07, 6.45) is 5.37. The van der Waals surface area contributed by atoms with E-state index in [0.717, 1.165) is 11.8 Å². The van der Waals surface area contributed by atoms with Crippen LogP contribution in [0.3, 0.4) is 0 Å². The second-order valence-corrected chi connectivity index (χ2v) is 7.70. The highest BCUT2D eigenvalue weighted by Gasteiger charge is 2.45. The van der Waals surface area contributed by atoms with Crippen molar-refractivity contribution in [3.8, 4) is 0 Å². The Morgan fingerprint density at radius 3 is 1.86 bits per heavy atom. The van der Waals surface area contributed by atoms with Gasteiger partial charge < -0.3 is 4.55 Å². The molecule has 2 aliphatic rings. The Hall–Kier alpha value is 0.270. The average molecular weight is 215 g/mol. The van der Waals surface area contributed by atoms with Crippen molar-refractivity contribution >= 4 is 11.4 Å². The van der Waals surface area contributed by atoms with Crippen LogP contribution in [0.5, 0.6) is 0 Å². The van der Waals surface area contributed by atoms with Crippen LogP contribution < -0.4 is 4.72 Å². The molecule has 0 spiro atoms. The predicted octanol–water partition coefficient (Wildman–Crippen LogP) is 2.23. The maximum atomic E-state index is 11.9. The minimum atomic E-state index is -0.879. The van der Waals surface area contributed by atoms with Crippen molar-refractivity contribution in [1.29, 1.82) is 0 Å². The van der Waals surface area contributed by atoms with Gasteiger partial charge in [0.15, 0.2) is 0 Å². The number of rotatable bonds is 4. The van der Waals surface area contributed by atoms with Gasteiger partial charge in [-0.15, -0.1) is 4.72 Å². The normalized spacial score (nSPS) is 25.5. The maximum absolute atomic E-state index is 11.9. The standard InChI is InChI=1S/C11H21NOS/c1-11(2,3)14(13)12-10(8-4-5-8)9-6-7-9/h8-10,12H,4-7H2,1-3H3. The fraction of sp³-hybridized carbons (Fsp3) is 1.00. The van der Waals surface area contributed by atoms with E-state index in [2.05, 4.69) is 4.72 Å². The SMILES string of the molecule is CC(C)(C)[S+]([O-])NC(C1CC1)C1CC1. The Balaban J connectivity index is 1.86. The predicted molar refractivity (Wildman–Crippen MR) is 60.3 cm³/mol. The lowest BCUT2D eigenvalue weighted by molar-refractivity contribution is 0.459. The van der Waals surface area contributed by atoms with Crippen LogP contribution in [0.1, 0.15) is 46.5 Å². The smallest absolute Gasteiger partial charge is 0.136 e. The van der Waals surface area contributed by atoms with Crippen LogP contribution in [0.2, 0.25) is 0 Å². The molecule has 0 aromatic rings.